The smallest absolute Gasteiger partial charge is 0.178 e. The van der Waals surface area contributed by atoms with Gasteiger partial charge in [-0.1, -0.05) is 60.5 Å². The summed E-state index contributed by atoms with van der Waals surface area (Å²) in [6.07, 6.45) is 5.67. The second-order valence-corrected chi connectivity index (χ2v) is 5.42. The first kappa shape index (κ1) is 13.3. The molecule has 3 rings (SSSR count). The van der Waals surface area contributed by atoms with Crippen LogP contribution in [-0.2, 0) is 0 Å². The summed E-state index contributed by atoms with van der Waals surface area (Å²) in [5.41, 5.74) is 0.541. The van der Waals surface area contributed by atoms with Gasteiger partial charge in [0, 0.05) is 11.1 Å². The van der Waals surface area contributed by atoms with E-state index in [0.29, 0.717) is 11.1 Å². The van der Waals surface area contributed by atoms with Gasteiger partial charge in [-0.3, -0.25) is 9.59 Å². The topological polar surface area (TPSA) is 34.1 Å². The van der Waals surface area contributed by atoms with Crippen LogP contribution in [0.2, 0.25) is 0 Å². The lowest BCUT2D eigenvalue weighted by molar-refractivity contribution is 0.0705. The van der Waals surface area contributed by atoms with Crippen LogP contribution in [0.25, 0.3) is 0 Å². The summed E-state index contributed by atoms with van der Waals surface area (Å²) in [6, 6.07) is 16.2. The van der Waals surface area contributed by atoms with Crippen LogP contribution in [-0.4, -0.2) is 11.6 Å². The van der Waals surface area contributed by atoms with Gasteiger partial charge in [-0.2, -0.15) is 0 Å². The zero-order valence-electron chi connectivity index (χ0n) is 11.7. The van der Waals surface area contributed by atoms with E-state index >= 15 is 0 Å². The molecule has 1 aliphatic carbocycles. The fourth-order valence-corrected chi connectivity index (χ4v) is 3.05. The third-order valence-corrected chi connectivity index (χ3v) is 4.24. The number of Topliss-reactive ketones (excluding diaryl/α,β-unsaturated/α-hetero) is 2. The maximum atomic E-state index is 12.8. The Morgan fingerprint density at radius 3 is 1.86 bits per heavy atom. The Morgan fingerprint density at radius 1 is 0.905 bits per heavy atom. The molecule has 0 radical (unpaired) electrons. The summed E-state index contributed by atoms with van der Waals surface area (Å²) in [7, 11) is 0. The van der Waals surface area contributed by atoms with Crippen LogP contribution in [0.15, 0.2) is 54.6 Å². The predicted molar refractivity (Wildman–Crippen MR) is 81.2 cm³/mol. The Kier molecular flexibility index (Phi) is 2.99. The van der Waals surface area contributed by atoms with Gasteiger partial charge in [-0.25, -0.2) is 0 Å². The van der Waals surface area contributed by atoms with E-state index in [0.717, 1.165) is 5.56 Å². The molecular weight excluding hydrogens is 260 g/mol. The number of ketones is 2. The van der Waals surface area contributed by atoms with Crippen LogP contribution in [0.1, 0.15) is 39.1 Å². The zero-order chi connectivity index (χ0) is 15.0. The molecule has 2 nitrogen and oxygen atoms in total. The van der Waals surface area contributed by atoms with Crippen molar-refractivity contribution in [3.05, 3.63) is 71.3 Å². The van der Waals surface area contributed by atoms with E-state index in [1.165, 1.54) is 0 Å². The van der Waals surface area contributed by atoms with Gasteiger partial charge in [0.15, 0.2) is 11.6 Å². The van der Waals surface area contributed by atoms with Gasteiger partial charge in [0.2, 0.25) is 0 Å². The average Bonchev–Trinajstić information content (AvgIpc) is 2.72. The molecule has 0 spiro atoms. The Labute approximate surface area is 123 Å². The van der Waals surface area contributed by atoms with Crippen molar-refractivity contribution in [1.82, 2.24) is 0 Å². The minimum absolute atomic E-state index is 0.185. The molecule has 0 aliphatic heterocycles. The number of fused-ring (bicyclic) bond motifs is 1. The van der Waals surface area contributed by atoms with Crippen LogP contribution in [0.4, 0.5) is 0 Å². The normalized spacial score (nSPS) is 17.1. The van der Waals surface area contributed by atoms with Crippen LogP contribution in [0, 0.1) is 17.8 Å². The van der Waals surface area contributed by atoms with Crippen molar-refractivity contribution < 1.29 is 9.59 Å². The molecular formula is C19H14O2. The first-order chi connectivity index (χ1) is 10.1. The van der Waals surface area contributed by atoms with E-state index in [1.807, 2.05) is 30.3 Å². The fraction of sp³-hybridized carbons (Fsp3) is 0.158. The molecule has 0 bridgehead atoms. The van der Waals surface area contributed by atoms with Crippen molar-refractivity contribution in [2.75, 3.05) is 0 Å². The molecule has 0 saturated heterocycles. The summed E-state index contributed by atoms with van der Waals surface area (Å²) in [5.74, 6) is 1.72. The first-order valence-electron chi connectivity index (χ1n) is 6.80. The molecule has 102 valence electrons. The lowest BCUT2D eigenvalue weighted by atomic mass is 9.70. The third kappa shape index (κ3) is 1.75. The molecule has 1 atom stereocenters. The fourth-order valence-electron chi connectivity index (χ4n) is 3.05. The summed E-state index contributed by atoms with van der Waals surface area (Å²) in [5, 5.41) is 0. The highest BCUT2D eigenvalue weighted by molar-refractivity contribution is 6.30. The summed E-state index contributed by atoms with van der Waals surface area (Å²) in [4.78, 5) is 25.6. The molecule has 2 aromatic carbocycles. The molecule has 0 aromatic heterocycles. The SMILES string of the molecule is C#C[C@@H](c1ccccc1)C1(C)C(=O)c2ccccc2C1=O. The van der Waals surface area contributed by atoms with Gasteiger partial charge >= 0.3 is 0 Å². The van der Waals surface area contributed by atoms with E-state index in [9.17, 15) is 9.59 Å². The maximum Gasteiger partial charge on any atom is 0.178 e. The Morgan fingerprint density at radius 2 is 1.38 bits per heavy atom. The molecule has 0 amide bonds. The number of rotatable bonds is 2. The van der Waals surface area contributed by atoms with Crippen molar-refractivity contribution >= 4 is 11.6 Å². The molecule has 2 heteroatoms. The minimum atomic E-state index is -1.22. The molecule has 0 fully saturated rings. The lowest BCUT2D eigenvalue weighted by Gasteiger charge is -2.27. The van der Waals surface area contributed by atoms with Gasteiger partial charge in [0.05, 0.1) is 5.92 Å². The molecule has 1 aliphatic rings. The summed E-state index contributed by atoms with van der Waals surface area (Å²) >= 11 is 0. The van der Waals surface area contributed by atoms with Crippen molar-refractivity contribution in [2.45, 2.75) is 12.8 Å². The van der Waals surface area contributed by atoms with Crippen LogP contribution < -0.4 is 0 Å². The summed E-state index contributed by atoms with van der Waals surface area (Å²) in [6.45, 7) is 1.66. The quantitative estimate of drug-likeness (QED) is 0.620. The molecule has 0 unspecified atom stereocenters. The van der Waals surface area contributed by atoms with E-state index in [1.54, 1.807) is 31.2 Å². The minimum Gasteiger partial charge on any atom is -0.293 e. The van der Waals surface area contributed by atoms with Crippen molar-refractivity contribution in [2.24, 2.45) is 5.41 Å². The van der Waals surface area contributed by atoms with Crippen molar-refractivity contribution in [3.63, 3.8) is 0 Å². The highest BCUT2D eigenvalue weighted by Gasteiger charge is 2.54. The molecule has 2 aromatic rings. The Hall–Kier alpha value is -2.66. The highest BCUT2D eigenvalue weighted by atomic mass is 16.2. The van der Waals surface area contributed by atoms with E-state index in [2.05, 4.69) is 5.92 Å². The lowest BCUT2D eigenvalue weighted by Crippen LogP contribution is -2.36. The number of benzene rings is 2. The highest BCUT2D eigenvalue weighted by Crippen LogP contribution is 2.46. The largest absolute Gasteiger partial charge is 0.293 e. The average molecular weight is 274 g/mol. The van der Waals surface area contributed by atoms with Gasteiger partial charge in [0.1, 0.15) is 5.41 Å². The van der Waals surface area contributed by atoms with Gasteiger partial charge in [-0.05, 0) is 12.5 Å². The Balaban J connectivity index is 2.16. The van der Waals surface area contributed by atoms with Crippen LogP contribution >= 0.6 is 0 Å². The number of hydrogen-bond acceptors (Lipinski definition) is 2. The van der Waals surface area contributed by atoms with Crippen LogP contribution in [0.3, 0.4) is 0 Å². The predicted octanol–water partition coefficient (Wildman–Crippen LogP) is 3.49. The maximum absolute atomic E-state index is 12.8. The molecule has 0 heterocycles. The standard InChI is InChI=1S/C19H14O2/c1-3-16(13-9-5-4-6-10-13)19(2)17(20)14-11-7-8-12-15(14)18(19)21/h1,4-12,16H,2H3/t16-/m0/s1. The number of hydrogen-bond donors (Lipinski definition) is 0. The van der Waals surface area contributed by atoms with Gasteiger partial charge in [0.25, 0.3) is 0 Å². The number of terminal acetylenes is 1. The summed E-state index contributed by atoms with van der Waals surface area (Å²) < 4.78 is 0. The van der Waals surface area contributed by atoms with Crippen molar-refractivity contribution in [1.29, 1.82) is 0 Å². The first-order valence-corrected chi connectivity index (χ1v) is 6.80. The van der Waals surface area contributed by atoms with E-state index < -0.39 is 11.3 Å². The number of carbonyl (C=O) groups excluding carboxylic acids is 2. The second-order valence-electron chi connectivity index (χ2n) is 5.42. The molecule has 21 heavy (non-hydrogen) atoms. The van der Waals surface area contributed by atoms with E-state index in [4.69, 9.17) is 6.42 Å². The number of carbonyl (C=O) groups is 2. The monoisotopic (exact) mass is 274 g/mol. The Bertz CT molecular complexity index is 731. The van der Waals surface area contributed by atoms with Crippen LogP contribution in [0.5, 0.6) is 0 Å². The van der Waals surface area contributed by atoms with Crippen molar-refractivity contribution in [3.8, 4) is 12.3 Å². The van der Waals surface area contributed by atoms with Gasteiger partial charge < -0.3 is 0 Å². The molecule has 0 N–H and O–H groups in total. The van der Waals surface area contributed by atoms with Gasteiger partial charge in [-0.15, -0.1) is 6.42 Å². The second kappa shape index (κ2) is 4.71. The van der Waals surface area contributed by atoms with E-state index in [-0.39, 0.29) is 11.6 Å². The third-order valence-electron chi connectivity index (χ3n) is 4.24. The molecule has 0 saturated carbocycles. The zero-order valence-corrected chi connectivity index (χ0v) is 11.7.